The maximum atomic E-state index is 12.1. The molecule has 1 rings (SSSR count). The minimum Gasteiger partial charge on any atom is -0.481 e. The minimum absolute atomic E-state index is 0.00747. The highest BCUT2D eigenvalue weighted by Gasteiger charge is 2.26. The lowest BCUT2D eigenvalue weighted by Gasteiger charge is -2.20. The Morgan fingerprint density at radius 3 is 2.50 bits per heavy atom. The first kappa shape index (κ1) is 17.0. The number of carbonyl (C=O) groups is 2. The van der Waals surface area contributed by atoms with E-state index in [-0.39, 0.29) is 24.3 Å². The third-order valence-corrected chi connectivity index (χ3v) is 4.02. The Bertz CT molecular complexity index is 307. The van der Waals surface area contributed by atoms with Crippen LogP contribution in [0.3, 0.4) is 0 Å². The van der Waals surface area contributed by atoms with Gasteiger partial charge in [-0.2, -0.15) is 0 Å². The zero-order valence-electron chi connectivity index (χ0n) is 12.3. The highest BCUT2D eigenvalue weighted by Crippen LogP contribution is 2.22. The molecule has 0 heterocycles. The van der Waals surface area contributed by atoms with Crippen LogP contribution < -0.4 is 11.1 Å². The lowest BCUT2D eigenvalue weighted by Crippen LogP contribution is -2.41. The Labute approximate surface area is 121 Å². The quantitative estimate of drug-likeness (QED) is 0.470. The van der Waals surface area contributed by atoms with Crippen LogP contribution in [0, 0.1) is 5.92 Å². The first-order chi connectivity index (χ1) is 9.61. The second-order valence-corrected chi connectivity index (χ2v) is 5.76. The van der Waals surface area contributed by atoms with Gasteiger partial charge in [-0.3, -0.25) is 9.59 Å². The van der Waals surface area contributed by atoms with Gasteiger partial charge in [-0.25, -0.2) is 0 Å². The van der Waals surface area contributed by atoms with Crippen molar-refractivity contribution in [3.63, 3.8) is 0 Å². The van der Waals surface area contributed by atoms with E-state index >= 15 is 0 Å². The molecule has 116 valence electrons. The Kier molecular flexibility index (Phi) is 8.26. The van der Waals surface area contributed by atoms with Crippen LogP contribution in [0.2, 0.25) is 0 Å². The fraction of sp³-hybridized carbons (Fsp3) is 0.867. The number of unbranched alkanes of at least 4 members (excludes halogenated alkanes) is 3. The molecule has 0 aromatic carbocycles. The maximum absolute atomic E-state index is 12.1. The molecule has 0 radical (unpaired) electrons. The number of carboxylic acid groups (broad SMARTS) is 1. The summed E-state index contributed by atoms with van der Waals surface area (Å²) in [5.41, 5.74) is 6.06. The molecule has 0 saturated heterocycles. The number of rotatable bonds is 8. The Morgan fingerprint density at radius 2 is 1.75 bits per heavy atom. The van der Waals surface area contributed by atoms with Crippen LogP contribution >= 0.6 is 0 Å². The van der Waals surface area contributed by atoms with Crippen LogP contribution in [-0.2, 0) is 9.59 Å². The summed E-state index contributed by atoms with van der Waals surface area (Å²) >= 11 is 0. The first-order valence-electron chi connectivity index (χ1n) is 7.86. The topological polar surface area (TPSA) is 92.4 Å². The second-order valence-electron chi connectivity index (χ2n) is 5.76. The van der Waals surface area contributed by atoms with Gasteiger partial charge in [0.1, 0.15) is 0 Å². The molecule has 2 unspecified atom stereocenters. The zero-order chi connectivity index (χ0) is 14.8. The van der Waals surface area contributed by atoms with Crippen LogP contribution in [0.1, 0.15) is 64.2 Å². The molecule has 20 heavy (non-hydrogen) atoms. The van der Waals surface area contributed by atoms with Gasteiger partial charge in [-0.15, -0.1) is 0 Å². The van der Waals surface area contributed by atoms with Crippen molar-refractivity contribution in [2.24, 2.45) is 11.7 Å². The number of carboxylic acids is 1. The lowest BCUT2D eigenvalue weighted by molar-refractivity contribution is -0.137. The minimum atomic E-state index is -0.736. The molecule has 0 aromatic heterocycles. The van der Waals surface area contributed by atoms with E-state index in [0.29, 0.717) is 6.54 Å². The SMILES string of the molecule is NC1CCCCCC1C(=O)NCCCCCCC(=O)O. The molecule has 1 aliphatic rings. The van der Waals surface area contributed by atoms with Crippen LogP contribution in [-0.4, -0.2) is 29.6 Å². The van der Waals surface area contributed by atoms with Gasteiger partial charge in [0.05, 0.1) is 5.92 Å². The monoisotopic (exact) mass is 284 g/mol. The molecular formula is C15H28N2O3. The smallest absolute Gasteiger partial charge is 0.303 e. The Balaban J connectivity index is 2.08. The van der Waals surface area contributed by atoms with Crippen LogP contribution in [0.15, 0.2) is 0 Å². The van der Waals surface area contributed by atoms with Crippen molar-refractivity contribution in [3.05, 3.63) is 0 Å². The van der Waals surface area contributed by atoms with Crippen molar-refractivity contribution in [3.8, 4) is 0 Å². The predicted molar refractivity (Wildman–Crippen MR) is 78.3 cm³/mol. The average Bonchev–Trinajstić information content (AvgIpc) is 2.61. The largest absolute Gasteiger partial charge is 0.481 e. The number of hydrogen-bond donors (Lipinski definition) is 3. The Morgan fingerprint density at radius 1 is 1.05 bits per heavy atom. The van der Waals surface area contributed by atoms with Gasteiger partial charge >= 0.3 is 5.97 Å². The van der Waals surface area contributed by atoms with Crippen LogP contribution in [0.5, 0.6) is 0 Å². The fourth-order valence-corrected chi connectivity index (χ4v) is 2.76. The fourth-order valence-electron chi connectivity index (χ4n) is 2.76. The molecule has 4 N–H and O–H groups in total. The van der Waals surface area contributed by atoms with Gasteiger partial charge in [0.2, 0.25) is 5.91 Å². The number of hydrogen-bond acceptors (Lipinski definition) is 3. The molecule has 5 heteroatoms. The van der Waals surface area contributed by atoms with Crippen molar-refractivity contribution in [1.82, 2.24) is 5.32 Å². The molecule has 1 fully saturated rings. The highest BCUT2D eigenvalue weighted by atomic mass is 16.4. The van der Waals surface area contributed by atoms with Gasteiger partial charge in [0.15, 0.2) is 0 Å². The van der Waals surface area contributed by atoms with Crippen molar-refractivity contribution in [1.29, 1.82) is 0 Å². The number of nitrogens with two attached hydrogens (primary N) is 1. The first-order valence-corrected chi connectivity index (χ1v) is 7.86. The summed E-state index contributed by atoms with van der Waals surface area (Å²) in [7, 11) is 0. The molecule has 0 spiro atoms. The van der Waals surface area contributed by atoms with Crippen molar-refractivity contribution in [2.45, 2.75) is 70.3 Å². The summed E-state index contributed by atoms with van der Waals surface area (Å²) < 4.78 is 0. The normalized spacial score (nSPS) is 23.1. The zero-order valence-corrected chi connectivity index (χ0v) is 12.3. The van der Waals surface area contributed by atoms with Crippen molar-refractivity contribution in [2.75, 3.05) is 6.54 Å². The number of aliphatic carboxylic acids is 1. The number of carbonyl (C=O) groups excluding carboxylic acids is 1. The number of nitrogens with one attached hydrogen (secondary N) is 1. The maximum Gasteiger partial charge on any atom is 0.303 e. The molecule has 0 aliphatic heterocycles. The van der Waals surface area contributed by atoms with Gasteiger partial charge in [0.25, 0.3) is 0 Å². The average molecular weight is 284 g/mol. The Hall–Kier alpha value is -1.10. The van der Waals surface area contributed by atoms with Crippen LogP contribution in [0.25, 0.3) is 0 Å². The molecular weight excluding hydrogens is 256 g/mol. The summed E-state index contributed by atoms with van der Waals surface area (Å²) in [6, 6.07) is 0.00747. The standard InChI is InChI=1S/C15H28N2O3/c16-13-9-5-3-4-8-12(13)15(20)17-11-7-2-1-6-10-14(18)19/h12-13H,1-11,16H2,(H,17,20)(H,18,19). The van der Waals surface area contributed by atoms with Gasteiger partial charge in [0, 0.05) is 19.0 Å². The van der Waals surface area contributed by atoms with E-state index < -0.39 is 5.97 Å². The summed E-state index contributed by atoms with van der Waals surface area (Å²) in [5.74, 6) is -0.657. The third kappa shape index (κ3) is 6.89. The number of amides is 1. The van der Waals surface area contributed by atoms with E-state index in [9.17, 15) is 9.59 Å². The van der Waals surface area contributed by atoms with Crippen molar-refractivity contribution >= 4 is 11.9 Å². The summed E-state index contributed by atoms with van der Waals surface area (Å²) in [6.45, 7) is 0.676. The van der Waals surface area contributed by atoms with E-state index in [1.165, 1.54) is 6.42 Å². The van der Waals surface area contributed by atoms with Crippen molar-refractivity contribution < 1.29 is 14.7 Å². The van der Waals surface area contributed by atoms with E-state index in [1.54, 1.807) is 0 Å². The summed E-state index contributed by atoms with van der Waals surface area (Å²) in [5, 5.41) is 11.5. The van der Waals surface area contributed by atoms with Crippen LogP contribution in [0.4, 0.5) is 0 Å². The van der Waals surface area contributed by atoms with Gasteiger partial charge < -0.3 is 16.2 Å². The molecule has 5 nitrogen and oxygen atoms in total. The summed E-state index contributed by atoms with van der Waals surface area (Å²) in [6.07, 6.45) is 9.01. The molecule has 2 atom stereocenters. The molecule has 1 amide bonds. The van der Waals surface area contributed by atoms with E-state index in [4.69, 9.17) is 10.8 Å². The highest BCUT2D eigenvalue weighted by molar-refractivity contribution is 5.79. The predicted octanol–water partition coefficient (Wildman–Crippen LogP) is 2.05. The lowest BCUT2D eigenvalue weighted by atomic mass is 9.94. The molecule has 0 aromatic rings. The summed E-state index contributed by atoms with van der Waals surface area (Å²) in [4.78, 5) is 22.4. The van der Waals surface area contributed by atoms with E-state index in [0.717, 1.165) is 51.4 Å². The van der Waals surface area contributed by atoms with E-state index in [2.05, 4.69) is 5.32 Å². The molecule has 1 saturated carbocycles. The van der Waals surface area contributed by atoms with Gasteiger partial charge in [-0.05, 0) is 25.7 Å². The van der Waals surface area contributed by atoms with E-state index in [1.807, 2.05) is 0 Å². The van der Waals surface area contributed by atoms with Gasteiger partial charge in [-0.1, -0.05) is 32.1 Å². The third-order valence-electron chi connectivity index (χ3n) is 4.02. The molecule has 0 bridgehead atoms. The second kappa shape index (κ2) is 9.75. The molecule has 1 aliphatic carbocycles.